The van der Waals surface area contributed by atoms with E-state index in [0.717, 1.165) is 19.4 Å². The lowest BCUT2D eigenvalue weighted by Crippen LogP contribution is -2.24. The van der Waals surface area contributed by atoms with Gasteiger partial charge in [-0.2, -0.15) is 0 Å². The number of rotatable bonds is 2. The molecule has 0 N–H and O–H groups in total. The largest absolute Gasteiger partial charge is 0.347 e. The average Bonchev–Trinajstić information content (AvgIpc) is 2.89. The molecule has 2 heterocycles. The molecule has 0 saturated carbocycles. The number of halogens is 2. The summed E-state index contributed by atoms with van der Waals surface area (Å²) in [6.07, 6.45) is 3.76. The van der Waals surface area contributed by atoms with Crippen LogP contribution in [0.4, 0.5) is 10.2 Å². The van der Waals surface area contributed by atoms with Gasteiger partial charge < -0.3 is 4.90 Å². The summed E-state index contributed by atoms with van der Waals surface area (Å²) in [6, 6.07) is 11.9. The van der Waals surface area contributed by atoms with E-state index in [2.05, 4.69) is 37.9 Å². The summed E-state index contributed by atoms with van der Waals surface area (Å²) in [7, 11) is 0. The van der Waals surface area contributed by atoms with Gasteiger partial charge in [0.1, 0.15) is 0 Å². The van der Waals surface area contributed by atoms with Crippen molar-refractivity contribution in [3.8, 4) is 0 Å². The number of hydrogen-bond donors (Lipinski definition) is 0. The molecular weight excluding hydrogens is 307 g/mol. The third-order valence-electron chi connectivity index (χ3n) is 3.50. The first-order chi connectivity index (χ1) is 9.25. The molecule has 1 aliphatic heterocycles. The molecule has 0 amide bonds. The lowest BCUT2D eigenvalue weighted by atomic mass is 10.0. The second-order valence-corrected chi connectivity index (χ2v) is 5.64. The Bertz CT molecular complexity index is 574. The van der Waals surface area contributed by atoms with E-state index in [9.17, 15) is 4.39 Å². The van der Waals surface area contributed by atoms with Crippen molar-refractivity contribution < 1.29 is 4.39 Å². The number of anilines is 1. The standard InChI is InChI=1S/C15H14BrFN2/c16-12-9-13(17)15(18-10-12)19-8-4-7-14(19)11-5-2-1-3-6-11/h1-3,5-6,9-10,14H,4,7-8H2. The third kappa shape index (κ3) is 2.50. The first-order valence-electron chi connectivity index (χ1n) is 6.38. The number of hydrogen-bond acceptors (Lipinski definition) is 2. The summed E-state index contributed by atoms with van der Waals surface area (Å²) >= 11 is 3.24. The van der Waals surface area contributed by atoms with E-state index in [4.69, 9.17) is 0 Å². The Kier molecular flexibility index (Phi) is 3.51. The van der Waals surface area contributed by atoms with Crippen molar-refractivity contribution in [1.82, 2.24) is 4.98 Å². The van der Waals surface area contributed by atoms with Crippen LogP contribution in [-0.4, -0.2) is 11.5 Å². The van der Waals surface area contributed by atoms with Gasteiger partial charge >= 0.3 is 0 Å². The van der Waals surface area contributed by atoms with E-state index in [-0.39, 0.29) is 11.9 Å². The van der Waals surface area contributed by atoms with Crippen molar-refractivity contribution in [2.24, 2.45) is 0 Å². The van der Waals surface area contributed by atoms with Crippen LogP contribution in [-0.2, 0) is 0 Å². The molecule has 1 fully saturated rings. The highest BCUT2D eigenvalue weighted by Gasteiger charge is 2.28. The summed E-state index contributed by atoms with van der Waals surface area (Å²) in [6.45, 7) is 0.852. The van der Waals surface area contributed by atoms with Gasteiger partial charge in [0.15, 0.2) is 11.6 Å². The summed E-state index contributed by atoms with van der Waals surface area (Å²) in [5.41, 5.74) is 1.23. The van der Waals surface area contributed by atoms with E-state index in [1.165, 1.54) is 11.6 Å². The molecule has 3 rings (SSSR count). The first kappa shape index (κ1) is 12.6. The van der Waals surface area contributed by atoms with Crippen molar-refractivity contribution in [2.75, 3.05) is 11.4 Å². The Labute approximate surface area is 120 Å². The lowest BCUT2D eigenvalue weighted by molar-refractivity contribution is 0.601. The quantitative estimate of drug-likeness (QED) is 0.819. The normalized spacial score (nSPS) is 18.8. The molecular formula is C15H14BrFN2. The van der Waals surface area contributed by atoms with Gasteiger partial charge in [-0.25, -0.2) is 9.37 Å². The SMILES string of the molecule is Fc1cc(Br)cnc1N1CCCC1c1ccccc1. The predicted octanol–water partition coefficient (Wildman–Crippen LogP) is 4.32. The molecule has 0 radical (unpaired) electrons. The fraction of sp³-hybridized carbons (Fsp3) is 0.267. The zero-order chi connectivity index (χ0) is 13.2. The van der Waals surface area contributed by atoms with Crippen LogP contribution in [0.2, 0.25) is 0 Å². The van der Waals surface area contributed by atoms with Crippen LogP contribution in [0.3, 0.4) is 0 Å². The molecule has 0 bridgehead atoms. The van der Waals surface area contributed by atoms with Gasteiger partial charge in [-0.1, -0.05) is 30.3 Å². The molecule has 4 heteroatoms. The van der Waals surface area contributed by atoms with Gasteiger partial charge in [-0.05, 0) is 40.4 Å². The van der Waals surface area contributed by atoms with Crippen LogP contribution < -0.4 is 4.90 Å². The fourth-order valence-electron chi connectivity index (χ4n) is 2.66. The second-order valence-electron chi connectivity index (χ2n) is 4.72. The van der Waals surface area contributed by atoms with Crippen LogP contribution in [0.15, 0.2) is 47.1 Å². The molecule has 1 unspecified atom stereocenters. The molecule has 0 aliphatic carbocycles. The molecule has 1 aromatic heterocycles. The van der Waals surface area contributed by atoms with Crippen LogP contribution in [0.1, 0.15) is 24.4 Å². The summed E-state index contributed by atoms with van der Waals surface area (Å²) in [4.78, 5) is 6.31. The maximum atomic E-state index is 14.1. The smallest absolute Gasteiger partial charge is 0.166 e. The van der Waals surface area contributed by atoms with Crippen molar-refractivity contribution >= 4 is 21.7 Å². The zero-order valence-corrected chi connectivity index (χ0v) is 12.0. The van der Waals surface area contributed by atoms with E-state index < -0.39 is 0 Å². The highest BCUT2D eigenvalue weighted by Crippen LogP contribution is 2.36. The summed E-state index contributed by atoms with van der Waals surface area (Å²) in [5, 5.41) is 0. The van der Waals surface area contributed by atoms with Crippen molar-refractivity contribution in [1.29, 1.82) is 0 Å². The van der Waals surface area contributed by atoms with Crippen LogP contribution >= 0.6 is 15.9 Å². The minimum atomic E-state index is -0.266. The van der Waals surface area contributed by atoms with Gasteiger partial charge in [0, 0.05) is 17.2 Å². The maximum absolute atomic E-state index is 14.1. The average molecular weight is 321 g/mol. The van der Waals surface area contributed by atoms with Gasteiger partial charge in [-0.3, -0.25) is 0 Å². The molecule has 1 aromatic carbocycles. The van der Waals surface area contributed by atoms with Crippen molar-refractivity contribution in [3.63, 3.8) is 0 Å². The zero-order valence-electron chi connectivity index (χ0n) is 10.4. The Morgan fingerprint density at radius 3 is 2.79 bits per heavy atom. The van der Waals surface area contributed by atoms with Crippen LogP contribution in [0.5, 0.6) is 0 Å². The molecule has 1 saturated heterocycles. The molecule has 1 aliphatic rings. The molecule has 19 heavy (non-hydrogen) atoms. The Morgan fingerprint density at radius 1 is 1.26 bits per heavy atom. The maximum Gasteiger partial charge on any atom is 0.166 e. The molecule has 2 nitrogen and oxygen atoms in total. The third-order valence-corrected chi connectivity index (χ3v) is 3.93. The van der Waals surface area contributed by atoms with Crippen molar-refractivity contribution in [3.05, 3.63) is 58.4 Å². The van der Waals surface area contributed by atoms with E-state index in [0.29, 0.717) is 10.3 Å². The minimum Gasteiger partial charge on any atom is -0.347 e. The lowest BCUT2D eigenvalue weighted by Gasteiger charge is -2.26. The molecule has 1 atom stereocenters. The van der Waals surface area contributed by atoms with Gasteiger partial charge in [-0.15, -0.1) is 0 Å². The topological polar surface area (TPSA) is 16.1 Å². The fourth-order valence-corrected chi connectivity index (χ4v) is 2.96. The Morgan fingerprint density at radius 2 is 2.05 bits per heavy atom. The molecule has 0 spiro atoms. The minimum absolute atomic E-state index is 0.226. The van der Waals surface area contributed by atoms with Gasteiger partial charge in [0.2, 0.25) is 0 Å². The Balaban J connectivity index is 1.95. The van der Waals surface area contributed by atoms with E-state index in [1.54, 1.807) is 6.20 Å². The Hall–Kier alpha value is -1.42. The summed E-state index contributed by atoms with van der Waals surface area (Å²) < 4.78 is 14.7. The highest BCUT2D eigenvalue weighted by molar-refractivity contribution is 9.10. The number of pyridine rings is 1. The van der Waals surface area contributed by atoms with Crippen molar-refractivity contribution in [2.45, 2.75) is 18.9 Å². The van der Waals surface area contributed by atoms with E-state index >= 15 is 0 Å². The number of benzene rings is 1. The number of aromatic nitrogens is 1. The number of nitrogens with zero attached hydrogens (tertiary/aromatic N) is 2. The monoisotopic (exact) mass is 320 g/mol. The molecule has 98 valence electrons. The summed E-state index contributed by atoms with van der Waals surface area (Å²) in [5.74, 6) is 0.187. The van der Waals surface area contributed by atoms with E-state index in [1.807, 2.05) is 18.2 Å². The van der Waals surface area contributed by atoms with Gasteiger partial charge in [0.05, 0.1) is 6.04 Å². The molecule has 2 aromatic rings. The van der Waals surface area contributed by atoms with Gasteiger partial charge in [0.25, 0.3) is 0 Å². The highest BCUT2D eigenvalue weighted by atomic mass is 79.9. The first-order valence-corrected chi connectivity index (χ1v) is 7.17. The predicted molar refractivity (Wildman–Crippen MR) is 77.7 cm³/mol. The van der Waals surface area contributed by atoms with Crippen LogP contribution in [0.25, 0.3) is 0 Å². The second kappa shape index (κ2) is 5.29. The van der Waals surface area contributed by atoms with Crippen LogP contribution in [0, 0.1) is 5.82 Å².